The third-order valence-electron chi connectivity index (χ3n) is 3.92. The highest BCUT2D eigenvalue weighted by Crippen LogP contribution is 2.25. The molecule has 146 valence electrons. The number of carbonyl (C=O) groups excluding carboxylic acids is 1. The first-order valence-corrected chi connectivity index (χ1v) is 9.35. The predicted molar refractivity (Wildman–Crippen MR) is 104 cm³/mol. The number of aryl methyl sites for hydroxylation is 1. The number of benzene rings is 2. The van der Waals surface area contributed by atoms with Crippen molar-refractivity contribution < 1.29 is 18.3 Å². The quantitative estimate of drug-likeness (QED) is 0.600. The van der Waals surface area contributed by atoms with E-state index in [1.165, 1.54) is 23.9 Å². The number of hydrogen-bond acceptors (Lipinski definition) is 5. The zero-order valence-electron chi connectivity index (χ0n) is 15.2. The van der Waals surface area contributed by atoms with E-state index in [4.69, 9.17) is 0 Å². The van der Waals surface area contributed by atoms with Crippen molar-refractivity contribution in [3.63, 3.8) is 0 Å². The number of thioether (sulfide) groups is 1. The van der Waals surface area contributed by atoms with Crippen LogP contribution in [-0.4, -0.2) is 33.0 Å². The lowest BCUT2D eigenvalue weighted by Gasteiger charge is -2.08. The minimum absolute atomic E-state index is 0.0726. The number of hydrogen-bond donors (Lipinski definition) is 1. The maximum atomic E-state index is 12.2. The molecule has 3 aromatic rings. The van der Waals surface area contributed by atoms with Crippen molar-refractivity contribution in [1.82, 2.24) is 14.8 Å². The molecule has 9 heteroatoms. The van der Waals surface area contributed by atoms with Crippen LogP contribution in [0.3, 0.4) is 0 Å². The first kappa shape index (κ1) is 19.8. The number of carbonyl (C=O) groups is 1. The molecule has 0 saturated heterocycles. The average Bonchev–Trinajstić information content (AvgIpc) is 3.03. The molecule has 0 aliphatic rings. The Bertz CT molecular complexity index is 961. The number of halogens is 2. The minimum atomic E-state index is -2.87. The fourth-order valence-electron chi connectivity index (χ4n) is 2.51. The second-order valence-electron chi connectivity index (χ2n) is 5.92. The van der Waals surface area contributed by atoms with Gasteiger partial charge in [0.25, 0.3) is 0 Å². The number of amides is 1. The summed E-state index contributed by atoms with van der Waals surface area (Å²) in [7, 11) is 1.78. The van der Waals surface area contributed by atoms with E-state index < -0.39 is 6.61 Å². The van der Waals surface area contributed by atoms with Crippen LogP contribution in [0.4, 0.5) is 14.5 Å². The van der Waals surface area contributed by atoms with Gasteiger partial charge in [-0.3, -0.25) is 4.79 Å². The van der Waals surface area contributed by atoms with Crippen LogP contribution in [0.1, 0.15) is 5.56 Å². The fraction of sp³-hybridized carbons (Fsp3) is 0.211. The normalized spacial score (nSPS) is 10.9. The number of ether oxygens (including phenoxy) is 1. The monoisotopic (exact) mass is 404 g/mol. The van der Waals surface area contributed by atoms with Gasteiger partial charge in [-0.15, -0.1) is 10.2 Å². The maximum Gasteiger partial charge on any atom is 0.387 e. The van der Waals surface area contributed by atoms with Gasteiger partial charge in [0.05, 0.1) is 5.75 Å². The summed E-state index contributed by atoms with van der Waals surface area (Å²) in [6.45, 7) is -0.940. The highest BCUT2D eigenvalue weighted by atomic mass is 32.2. The Morgan fingerprint density at radius 1 is 1.18 bits per heavy atom. The Hall–Kier alpha value is -2.94. The predicted octanol–water partition coefficient (Wildman–Crippen LogP) is 4.12. The van der Waals surface area contributed by atoms with Crippen molar-refractivity contribution in [3.05, 3.63) is 54.1 Å². The zero-order valence-corrected chi connectivity index (χ0v) is 16.0. The van der Waals surface area contributed by atoms with Gasteiger partial charge in [-0.05, 0) is 42.8 Å². The van der Waals surface area contributed by atoms with Gasteiger partial charge in [-0.25, -0.2) is 0 Å². The molecule has 0 aliphatic heterocycles. The summed E-state index contributed by atoms with van der Waals surface area (Å²) in [6.07, 6.45) is 0. The molecule has 0 atom stereocenters. The van der Waals surface area contributed by atoms with Gasteiger partial charge in [0, 0.05) is 18.3 Å². The van der Waals surface area contributed by atoms with Crippen LogP contribution in [0.15, 0.2) is 53.7 Å². The third-order valence-corrected chi connectivity index (χ3v) is 4.94. The zero-order chi connectivity index (χ0) is 20.1. The molecular formula is C19H18F2N4O2S. The number of nitrogens with zero attached hydrogens (tertiary/aromatic N) is 3. The van der Waals surface area contributed by atoms with E-state index >= 15 is 0 Å². The highest BCUT2D eigenvalue weighted by molar-refractivity contribution is 7.99. The number of nitrogens with one attached hydrogen (secondary N) is 1. The lowest BCUT2D eigenvalue weighted by atomic mass is 10.2. The van der Waals surface area contributed by atoms with E-state index in [-0.39, 0.29) is 17.4 Å². The van der Waals surface area contributed by atoms with Crippen molar-refractivity contribution in [3.8, 4) is 17.1 Å². The van der Waals surface area contributed by atoms with Gasteiger partial charge in [-0.1, -0.05) is 30.0 Å². The topological polar surface area (TPSA) is 69.0 Å². The van der Waals surface area contributed by atoms with Gasteiger partial charge < -0.3 is 14.6 Å². The van der Waals surface area contributed by atoms with Gasteiger partial charge in [0.2, 0.25) is 5.91 Å². The summed E-state index contributed by atoms with van der Waals surface area (Å²) >= 11 is 1.26. The fourth-order valence-corrected chi connectivity index (χ4v) is 3.22. The van der Waals surface area contributed by atoms with Crippen molar-refractivity contribution >= 4 is 23.4 Å². The Balaban J connectivity index is 1.63. The highest BCUT2D eigenvalue weighted by Gasteiger charge is 2.14. The smallest absolute Gasteiger partial charge is 0.387 e. The molecule has 2 aromatic carbocycles. The standard InChI is InChI=1S/C19H18F2N4O2S/c1-12-5-3-4-6-15(12)22-16(26)11-28-19-24-23-17(25(19)2)13-7-9-14(10-8-13)27-18(20)21/h3-10,18H,11H2,1-2H3,(H,22,26). The molecule has 1 amide bonds. The Kier molecular flexibility index (Phi) is 6.25. The van der Waals surface area contributed by atoms with Crippen molar-refractivity contribution in [2.45, 2.75) is 18.7 Å². The molecule has 1 N–H and O–H groups in total. The van der Waals surface area contributed by atoms with Crippen LogP contribution in [0.5, 0.6) is 5.75 Å². The van der Waals surface area contributed by atoms with Gasteiger partial charge in [-0.2, -0.15) is 8.78 Å². The minimum Gasteiger partial charge on any atom is -0.435 e. The molecule has 28 heavy (non-hydrogen) atoms. The second kappa shape index (κ2) is 8.83. The molecular weight excluding hydrogens is 386 g/mol. The van der Waals surface area contributed by atoms with E-state index in [9.17, 15) is 13.6 Å². The van der Waals surface area contributed by atoms with E-state index in [2.05, 4.69) is 20.3 Å². The molecule has 0 fully saturated rings. The molecule has 0 unspecified atom stereocenters. The van der Waals surface area contributed by atoms with Crippen LogP contribution in [-0.2, 0) is 11.8 Å². The Labute approximate surface area is 164 Å². The van der Waals surface area contributed by atoms with Gasteiger partial charge in [0.15, 0.2) is 11.0 Å². The molecule has 0 saturated carbocycles. The largest absolute Gasteiger partial charge is 0.435 e. The molecule has 0 bridgehead atoms. The van der Waals surface area contributed by atoms with E-state index in [0.29, 0.717) is 16.5 Å². The molecule has 1 aromatic heterocycles. The Morgan fingerprint density at radius 2 is 1.89 bits per heavy atom. The average molecular weight is 404 g/mol. The molecule has 6 nitrogen and oxygen atoms in total. The van der Waals surface area contributed by atoms with Crippen molar-refractivity contribution in [2.24, 2.45) is 7.05 Å². The number of para-hydroxylation sites is 1. The maximum absolute atomic E-state index is 12.2. The second-order valence-corrected chi connectivity index (χ2v) is 6.86. The SMILES string of the molecule is Cc1ccccc1NC(=O)CSc1nnc(-c2ccc(OC(F)F)cc2)n1C. The third kappa shape index (κ3) is 4.86. The molecule has 3 rings (SSSR count). The number of aromatic nitrogens is 3. The molecule has 0 aliphatic carbocycles. The van der Waals surface area contributed by atoms with E-state index in [0.717, 1.165) is 11.3 Å². The lowest BCUT2D eigenvalue weighted by Crippen LogP contribution is -2.15. The molecule has 0 radical (unpaired) electrons. The lowest BCUT2D eigenvalue weighted by molar-refractivity contribution is -0.113. The van der Waals surface area contributed by atoms with Crippen molar-refractivity contribution in [2.75, 3.05) is 11.1 Å². The van der Waals surface area contributed by atoms with Crippen LogP contribution in [0.2, 0.25) is 0 Å². The summed E-state index contributed by atoms with van der Waals surface area (Å²) in [6, 6.07) is 13.7. The number of alkyl halides is 2. The summed E-state index contributed by atoms with van der Waals surface area (Å²) < 4.78 is 30.6. The van der Waals surface area contributed by atoms with Crippen molar-refractivity contribution in [1.29, 1.82) is 0 Å². The molecule has 0 spiro atoms. The summed E-state index contributed by atoms with van der Waals surface area (Å²) in [4.78, 5) is 12.2. The van der Waals surface area contributed by atoms with Crippen LogP contribution >= 0.6 is 11.8 Å². The number of anilines is 1. The first-order valence-electron chi connectivity index (χ1n) is 8.37. The van der Waals surface area contributed by atoms with E-state index in [1.54, 1.807) is 23.7 Å². The summed E-state index contributed by atoms with van der Waals surface area (Å²) in [5.74, 6) is 0.674. The molecule has 1 heterocycles. The van der Waals surface area contributed by atoms with E-state index in [1.807, 2.05) is 31.2 Å². The van der Waals surface area contributed by atoms with Crippen LogP contribution in [0, 0.1) is 6.92 Å². The van der Waals surface area contributed by atoms with Gasteiger partial charge >= 0.3 is 6.61 Å². The van der Waals surface area contributed by atoms with Crippen LogP contribution < -0.4 is 10.1 Å². The summed E-state index contributed by atoms with van der Waals surface area (Å²) in [5, 5.41) is 11.7. The van der Waals surface area contributed by atoms with Crippen LogP contribution in [0.25, 0.3) is 11.4 Å². The number of rotatable bonds is 7. The Morgan fingerprint density at radius 3 is 2.57 bits per heavy atom. The first-order chi connectivity index (χ1) is 13.4. The summed E-state index contributed by atoms with van der Waals surface area (Å²) in [5.41, 5.74) is 2.46. The van der Waals surface area contributed by atoms with Gasteiger partial charge in [0.1, 0.15) is 5.75 Å².